The molecule has 0 fully saturated rings. The predicted molar refractivity (Wildman–Crippen MR) is 162 cm³/mol. The molecule has 3 amide bonds. The van der Waals surface area contributed by atoms with Crippen LogP contribution >= 0.6 is 0 Å². The zero-order valence-corrected chi connectivity index (χ0v) is 25.6. The van der Waals surface area contributed by atoms with Crippen LogP contribution in [0.3, 0.4) is 0 Å². The van der Waals surface area contributed by atoms with E-state index in [1.54, 1.807) is 13.8 Å². The van der Waals surface area contributed by atoms with Crippen LogP contribution in [-0.2, 0) is 27.3 Å². The fourth-order valence-electron chi connectivity index (χ4n) is 5.88. The number of benzene rings is 1. The number of imide groups is 1. The highest BCUT2D eigenvalue weighted by Crippen LogP contribution is 2.40. The summed E-state index contributed by atoms with van der Waals surface area (Å²) in [7, 11) is 0. The molecule has 0 aromatic heterocycles. The van der Waals surface area contributed by atoms with Crippen LogP contribution in [0.1, 0.15) is 133 Å². The van der Waals surface area contributed by atoms with Crippen LogP contribution < -0.4 is 0 Å². The molecule has 2 unspecified atom stereocenters. The maximum atomic E-state index is 13.1. The summed E-state index contributed by atoms with van der Waals surface area (Å²) in [5.41, 5.74) is 3.00. The molecule has 0 radical (unpaired) electrons. The zero-order chi connectivity index (χ0) is 29.9. The number of hydrogen-bond acceptors (Lipinski definition) is 6. The molecule has 1 aromatic carbocycles. The van der Waals surface area contributed by atoms with Gasteiger partial charge >= 0.3 is 12.1 Å². The predicted octanol–water partition coefficient (Wildman–Crippen LogP) is 8.09. The molecule has 2 atom stereocenters. The molecule has 1 aromatic rings. The number of aliphatic imine (C=N–C) groups is 1. The number of aliphatic hydroxyl groups excluding tert-OH is 1. The Balaban J connectivity index is 2.08. The summed E-state index contributed by atoms with van der Waals surface area (Å²) in [5, 5.41) is 10.3. The van der Waals surface area contributed by atoms with Crippen molar-refractivity contribution in [1.82, 2.24) is 4.90 Å². The highest BCUT2D eigenvalue weighted by atomic mass is 16.6. The second kappa shape index (κ2) is 20.2. The van der Waals surface area contributed by atoms with Crippen LogP contribution in [-0.4, -0.2) is 47.5 Å². The second-order valence-electron chi connectivity index (χ2n) is 11.1. The van der Waals surface area contributed by atoms with Gasteiger partial charge in [-0.3, -0.25) is 4.79 Å². The molecule has 0 aliphatic carbocycles. The number of aryl methyl sites for hydroxylation is 1. The van der Waals surface area contributed by atoms with E-state index in [4.69, 9.17) is 9.47 Å². The van der Waals surface area contributed by atoms with E-state index in [0.717, 1.165) is 35.3 Å². The first-order valence-corrected chi connectivity index (χ1v) is 15.8. The Hall–Kier alpha value is -2.74. The quantitative estimate of drug-likeness (QED) is 0.118. The normalized spacial score (nSPS) is 16.9. The SMILES string of the molecule is CCCCCCCCCCCCCCCc1cccc(CO)c1C1C(CCOC=O)C(C)=NC(=O)N1C(=O)OCC. The number of nitrogens with zero attached hydrogens (tertiary/aromatic N) is 2. The highest BCUT2D eigenvalue weighted by molar-refractivity contribution is 6.03. The number of carbonyl (C=O) groups is 3. The molecule has 0 saturated heterocycles. The third kappa shape index (κ3) is 11.2. The first-order chi connectivity index (χ1) is 20.0. The first-order valence-electron chi connectivity index (χ1n) is 15.8. The van der Waals surface area contributed by atoms with Gasteiger partial charge in [-0.2, -0.15) is 0 Å². The summed E-state index contributed by atoms with van der Waals surface area (Å²) < 4.78 is 10.2. The maximum Gasteiger partial charge on any atom is 0.418 e. The number of amides is 3. The Kier molecular flexibility index (Phi) is 17.0. The lowest BCUT2D eigenvalue weighted by Gasteiger charge is -2.39. The molecule has 0 saturated carbocycles. The Morgan fingerprint density at radius 2 is 1.54 bits per heavy atom. The second-order valence-corrected chi connectivity index (χ2v) is 11.1. The molecule has 1 aliphatic heterocycles. The third-order valence-electron chi connectivity index (χ3n) is 8.06. The Morgan fingerprint density at radius 3 is 2.10 bits per heavy atom. The van der Waals surface area contributed by atoms with E-state index in [1.807, 2.05) is 18.2 Å². The van der Waals surface area contributed by atoms with Crippen LogP contribution in [0.15, 0.2) is 23.2 Å². The number of unbranched alkanes of at least 4 members (excludes halogenated alkanes) is 12. The lowest BCUT2D eigenvalue weighted by Crippen LogP contribution is -2.48. The number of hydrogen-bond donors (Lipinski definition) is 1. The summed E-state index contributed by atoms with van der Waals surface area (Å²) in [6.07, 6.45) is 16.9. The fourth-order valence-corrected chi connectivity index (χ4v) is 5.88. The molecule has 230 valence electrons. The van der Waals surface area contributed by atoms with Crippen molar-refractivity contribution in [2.24, 2.45) is 10.9 Å². The van der Waals surface area contributed by atoms with Gasteiger partial charge in [0.05, 0.1) is 25.9 Å². The van der Waals surface area contributed by atoms with Crippen LogP contribution in [0.25, 0.3) is 0 Å². The smallest absolute Gasteiger partial charge is 0.418 e. The minimum atomic E-state index is -0.764. The maximum absolute atomic E-state index is 13.1. The summed E-state index contributed by atoms with van der Waals surface area (Å²) in [6, 6.07) is 4.37. The van der Waals surface area contributed by atoms with Gasteiger partial charge in [0.15, 0.2) is 0 Å². The van der Waals surface area contributed by atoms with Crippen molar-refractivity contribution in [3.63, 3.8) is 0 Å². The average Bonchev–Trinajstić information content (AvgIpc) is 2.96. The molecule has 0 spiro atoms. The summed E-state index contributed by atoms with van der Waals surface area (Å²) >= 11 is 0. The van der Waals surface area contributed by atoms with Crippen LogP contribution in [0.4, 0.5) is 9.59 Å². The summed E-state index contributed by atoms with van der Waals surface area (Å²) in [4.78, 5) is 42.1. The highest BCUT2D eigenvalue weighted by Gasteiger charge is 2.44. The lowest BCUT2D eigenvalue weighted by atomic mass is 9.80. The standard InChI is InChI=1S/C33H52N2O6/c1-4-6-7-8-9-10-11-12-13-14-15-16-17-19-27-20-18-21-28(24-36)30(27)31-29(22-23-40-25-37)26(3)34-32(38)35(31)33(39)41-5-2/h18,20-21,25,29,31,36H,4-17,19,22-24H2,1-3H3. The van der Waals surface area contributed by atoms with Crippen LogP contribution in [0.5, 0.6) is 0 Å². The molecule has 0 bridgehead atoms. The molecule has 8 nitrogen and oxygen atoms in total. The van der Waals surface area contributed by atoms with Crippen molar-refractivity contribution in [3.8, 4) is 0 Å². The van der Waals surface area contributed by atoms with Gasteiger partial charge in [0, 0.05) is 11.6 Å². The van der Waals surface area contributed by atoms with E-state index in [0.29, 0.717) is 24.2 Å². The first kappa shape index (κ1) is 34.5. The minimum Gasteiger partial charge on any atom is -0.468 e. The van der Waals surface area contributed by atoms with Crippen LogP contribution in [0, 0.1) is 5.92 Å². The fraction of sp³-hybridized carbons (Fsp3) is 0.697. The van der Waals surface area contributed by atoms with Gasteiger partial charge in [-0.1, -0.05) is 102 Å². The minimum absolute atomic E-state index is 0.115. The number of carbonyl (C=O) groups excluding carboxylic acids is 3. The number of aliphatic hydroxyl groups is 1. The van der Waals surface area contributed by atoms with Gasteiger partial charge in [-0.25, -0.2) is 19.5 Å². The molecular formula is C33H52N2O6. The lowest BCUT2D eigenvalue weighted by molar-refractivity contribution is -0.129. The van der Waals surface area contributed by atoms with Gasteiger partial charge < -0.3 is 14.6 Å². The van der Waals surface area contributed by atoms with Crippen molar-refractivity contribution in [3.05, 3.63) is 34.9 Å². The Labute approximate surface area is 246 Å². The average molecular weight is 573 g/mol. The van der Waals surface area contributed by atoms with Crippen LogP contribution in [0.2, 0.25) is 0 Å². The molecule has 1 N–H and O–H groups in total. The van der Waals surface area contributed by atoms with E-state index < -0.39 is 18.2 Å². The van der Waals surface area contributed by atoms with E-state index in [-0.39, 0.29) is 25.7 Å². The van der Waals surface area contributed by atoms with Gasteiger partial charge in [0.2, 0.25) is 0 Å². The molecule has 8 heteroatoms. The van der Waals surface area contributed by atoms with Crippen molar-refractivity contribution in [1.29, 1.82) is 0 Å². The largest absolute Gasteiger partial charge is 0.468 e. The monoisotopic (exact) mass is 572 g/mol. The van der Waals surface area contributed by atoms with Crippen molar-refractivity contribution < 1.29 is 29.0 Å². The van der Waals surface area contributed by atoms with E-state index in [1.165, 1.54) is 70.6 Å². The van der Waals surface area contributed by atoms with Crippen molar-refractivity contribution >= 4 is 24.3 Å². The number of urea groups is 1. The third-order valence-corrected chi connectivity index (χ3v) is 8.06. The molecule has 1 heterocycles. The van der Waals surface area contributed by atoms with Gasteiger partial charge in [0.1, 0.15) is 0 Å². The number of ether oxygens (including phenoxy) is 2. The van der Waals surface area contributed by atoms with Crippen molar-refractivity contribution in [2.45, 2.75) is 130 Å². The van der Waals surface area contributed by atoms with Gasteiger partial charge in [0.25, 0.3) is 6.47 Å². The van der Waals surface area contributed by atoms with E-state index in [9.17, 15) is 19.5 Å². The number of rotatable bonds is 21. The molecule has 2 rings (SSSR count). The molecule has 1 aliphatic rings. The summed E-state index contributed by atoms with van der Waals surface area (Å²) in [6.45, 7) is 6.10. The Morgan fingerprint density at radius 1 is 0.951 bits per heavy atom. The van der Waals surface area contributed by atoms with E-state index >= 15 is 0 Å². The molecular weight excluding hydrogens is 520 g/mol. The van der Waals surface area contributed by atoms with Gasteiger partial charge in [-0.15, -0.1) is 0 Å². The van der Waals surface area contributed by atoms with E-state index in [2.05, 4.69) is 11.9 Å². The van der Waals surface area contributed by atoms with Crippen molar-refractivity contribution in [2.75, 3.05) is 13.2 Å². The molecule has 41 heavy (non-hydrogen) atoms. The summed E-state index contributed by atoms with van der Waals surface area (Å²) in [5.74, 6) is -0.379. The zero-order valence-electron chi connectivity index (χ0n) is 25.6. The topological polar surface area (TPSA) is 106 Å². The Bertz CT molecular complexity index is 963. The van der Waals surface area contributed by atoms with Gasteiger partial charge in [-0.05, 0) is 49.8 Å².